The molecule has 0 radical (unpaired) electrons. The fourth-order valence-electron chi connectivity index (χ4n) is 1.76. The molecule has 0 fully saturated rings. The van der Waals surface area contributed by atoms with Crippen molar-refractivity contribution >= 4 is 5.78 Å². The van der Waals surface area contributed by atoms with E-state index in [0.717, 1.165) is 12.0 Å². The molecule has 1 aromatic carbocycles. The second kappa shape index (κ2) is 4.41. The maximum absolute atomic E-state index is 11.9. The summed E-state index contributed by atoms with van der Waals surface area (Å²) in [5, 5.41) is 0. The zero-order chi connectivity index (χ0) is 10.6. The average molecular weight is 190 g/mol. The zero-order valence-corrected chi connectivity index (χ0v) is 9.21. The summed E-state index contributed by atoms with van der Waals surface area (Å²) >= 11 is 0. The van der Waals surface area contributed by atoms with Gasteiger partial charge < -0.3 is 0 Å². The molecule has 1 aromatic rings. The SMILES string of the molecule is CCC(=O)C(C)(CC)c1ccccc1. The number of benzene rings is 1. The van der Waals surface area contributed by atoms with E-state index in [0.29, 0.717) is 12.2 Å². The summed E-state index contributed by atoms with van der Waals surface area (Å²) in [5.74, 6) is 0.325. The molecular weight excluding hydrogens is 172 g/mol. The quantitative estimate of drug-likeness (QED) is 0.711. The van der Waals surface area contributed by atoms with Gasteiger partial charge in [0, 0.05) is 6.42 Å². The molecule has 0 N–H and O–H groups in total. The van der Waals surface area contributed by atoms with Crippen LogP contribution < -0.4 is 0 Å². The van der Waals surface area contributed by atoms with Crippen molar-refractivity contribution < 1.29 is 4.79 Å². The molecule has 76 valence electrons. The Balaban J connectivity index is 3.08. The second-order valence-corrected chi connectivity index (χ2v) is 3.83. The van der Waals surface area contributed by atoms with Gasteiger partial charge in [-0.2, -0.15) is 0 Å². The number of hydrogen-bond acceptors (Lipinski definition) is 1. The molecule has 0 heterocycles. The molecule has 1 atom stereocenters. The van der Waals surface area contributed by atoms with Gasteiger partial charge in [0.1, 0.15) is 5.78 Å². The van der Waals surface area contributed by atoms with E-state index in [1.54, 1.807) is 0 Å². The lowest BCUT2D eigenvalue weighted by atomic mass is 9.75. The molecule has 1 rings (SSSR count). The van der Waals surface area contributed by atoms with E-state index in [1.807, 2.05) is 44.2 Å². The first-order valence-corrected chi connectivity index (χ1v) is 5.24. The number of carbonyl (C=O) groups excluding carboxylic acids is 1. The van der Waals surface area contributed by atoms with E-state index >= 15 is 0 Å². The Labute approximate surface area is 86.1 Å². The van der Waals surface area contributed by atoms with Gasteiger partial charge in [0.05, 0.1) is 5.41 Å². The fourth-order valence-corrected chi connectivity index (χ4v) is 1.76. The summed E-state index contributed by atoms with van der Waals surface area (Å²) < 4.78 is 0. The van der Waals surface area contributed by atoms with Gasteiger partial charge >= 0.3 is 0 Å². The summed E-state index contributed by atoms with van der Waals surface area (Å²) in [7, 11) is 0. The van der Waals surface area contributed by atoms with E-state index in [1.165, 1.54) is 0 Å². The van der Waals surface area contributed by atoms with Crippen LogP contribution in [0.3, 0.4) is 0 Å². The molecule has 14 heavy (non-hydrogen) atoms. The Morgan fingerprint density at radius 1 is 1.21 bits per heavy atom. The van der Waals surface area contributed by atoms with Crippen molar-refractivity contribution in [1.82, 2.24) is 0 Å². The Kier molecular flexibility index (Phi) is 3.45. The third-order valence-corrected chi connectivity index (χ3v) is 3.05. The van der Waals surface area contributed by atoms with Crippen molar-refractivity contribution in [1.29, 1.82) is 0 Å². The maximum atomic E-state index is 11.9. The van der Waals surface area contributed by atoms with Crippen LogP contribution >= 0.6 is 0 Å². The molecule has 1 heteroatoms. The lowest BCUT2D eigenvalue weighted by Crippen LogP contribution is -2.31. The summed E-state index contributed by atoms with van der Waals surface area (Å²) in [6.07, 6.45) is 1.48. The Morgan fingerprint density at radius 2 is 1.79 bits per heavy atom. The van der Waals surface area contributed by atoms with Crippen LogP contribution in [-0.4, -0.2) is 5.78 Å². The molecule has 0 aliphatic heterocycles. The Bertz CT molecular complexity index is 302. The van der Waals surface area contributed by atoms with E-state index in [2.05, 4.69) is 6.92 Å². The first-order chi connectivity index (χ1) is 6.65. The van der Waals surface area contributed by atoms with Crippen LogP contribution in [0, 0.1) is 0 Å². The van der Waals surface area contributed by atoms with Gasteiger partial charge in [0.2, 0.25) is 0 Å². The van der Waals surface area contributed by atoms with Gasteiger partial charge in [-0.15, -0.1) is 0 Å². The van der Waals surface area contributed by atoms with Crippen molar-refractivity contribution in [3.63, 3.8) is 0 Å². The molecular formula is C13H18O. The molecule has 1 unspecified atom stereocenters. The predicted octanol–water partition coefficient (Wildman–Crippen LogP) is 3.33. The highest BCUT2D eigenvalue weighted by Gasteiger charge is 2.31. The summed E-state index contributed by atoms with van der Waals surface area (Å²) in [5.41, 5.74) is 0.838. The standard InChI is InChI=1S/C13H18O/c1-4-12(14)13(3,5-2)11-9-7-6-8-10-11/h6-10H,4-5H2,1-3H3. The highest BCUT2D eigenvalue weighted by molar-refractivity contribution is 5.89. The molecule has 0 aromatic heterocycles. The van der Waals surface area contributed by atoms with Gasteiger partial charge in [0.15, 0.2) is 0 Å². The third-order valence-electron chi connectivity index (χ3n) is 3.05. The van der Waals surface area contributed by atoms with Crippen LogP contribution in [-0.2, 0) is 10.2 Å². The molecule has 0 amide bonds. The van der Waals surface area contributed by atoms with Gasteiger partial charge in [-0.05, 0) is 18.9 Å². The average Bonchev–Trinajstić information content (AvgIpc) is 2.28. The smallest absolute Gasteiger partial charge is 0.142 e. The number of rotatable bonds is 4. The first-order valence-electron chi connectivity index (χ1n) is 5.24. The number of ketones is 1. The summed E-state index contributed by atoms with van der Waals surface area (Å²) in [4.78, 5) is 11.9. The van der Waals surface area contributed by atoms with Crippen molar-refractivity contribution in [2.24, 2.45) is 0 Å². The van der Waals surface area contributed by atoms with Gasteiger partial charge in [-0.1, -0.05) is 44.2 Å². The van der Waals surface area contributed by atoms with Crippen LogP contribution in [0.25, 0.3) is 0 Å². The molecule has 0 aliphatic carbocycles. The van der Waals surface area contributed by atoms with E-state index in [4.69, 9.17) is 0 Å². The minimum atomic E-state index is -0.296. The second-order valence-electron chi connectivity index (χ2n) is 3.83. The zero-order valence-electron chi connectivity index (χ0n) is 9.21. The van der Waals surface area contributed by atoms with Crippen LogP contribution in [0.5, 0.6) is 0 Å². The van der Waals surface area contributed by atoms with Crippen molar-refractivity contribution in [3.8, 4) is 0 Å². The van der Waals surface area contributed by atoms with Crippen molar-refractivity contribution in [3.05, 3.63) is 35.9 Å². The highest BCUT2D eigenvalue weighted by Crippen LogP contribution is 2.29. The normalized spacial score (nSPS) is 14.8. The van der Waals surface area contributed by atoms with Gasteiger partial charge in [0.25, 0.3) is 0 Å². The molecule has 0 saturated carbocycles. The number of hydrogen-bond donors (Lipinski definition) is 0. The molecule has 0 spiro atoms. The third kappa shape index (κ3) is 1.87. The molecule has 1 nitrogen and oxygen atoms in total. The molecule has 0 saturated heterocycles. The minimum Gasteiger partial charge on any atom is -0.299 e. The first kappa shape index (κ1) is 11.0. The minimum absolute atomic E-state index is 0.296. The largest absolute Gasteiger partial charge is 0.299 e. The van der Waals surface area contributed by atoms with Crippen LogP contribution in [0.15, 0.2) is 30.3 Å². The molecule has 0 bridgehead atoms. The number of Topliss-reactive ketones (excluding diaryl/α,β-unsaturated/α-hetero) is 1. The highest BCUT2D eigenvalue weighted by atomic mass is 16.1. The lowest BCUT2D eigenvalue weighted by Gasteiger charge is -2.26. The van der Waals surface area contributed by atoms with Crippen LogP contribution in [0.2, 0.25) is 0 Å². The molecule has 0 aliphatic rings. The summed E-state index contributed by atoms with van der Waals surface area (Å²) in [6, 6.07) is 10.0. The van der Waals surface area contributed by atoms with E-state index in [-0.39, 0.29) is 5.41 Å². The van der Waals surface area contributed by atoms with Gasteiger partial charge in [-0.3, -0.25) is 4.79 Å². The van der Waals surface area contributed by atoms with Crippen LogP contribution in [0.4, 0.5) is 0 Å². The Morgan fingerprint density at radius 3 is 2.21 bits per heavy atom. The summed E-state index contributed by atoms with van der Waals surface area (Å²) in [6.45, 7) is 6.04. The van der Waals surface area contributed by atoms with E-state index < -0.39 is 0 Å². The van der Waals surface area contributed by atoms with Gasteiger partial charge in [-0.25, -0.2) is 0 Å². The topological polar surface area (TPSA) is 17.1 Å². The Hall–Kier alpha value is -1.11. The lowest BCUT2D eigenvalue weighted by molar-refractivity contribution is -0.123. The van der Waals surface area contributed by atoms with Crippen molar-refractivity contribution in [2.75, 3.05) is 0 Å². The monoisotopic (exact) mass is 190 g/mol. The fraction of sp³-hybridized carbons (Fsp3) is 0.462. The predicted molar refractivity (Wildman–Crippen MR) is 59.4 cm³/mol. The van der Waals surface area contributed by atoms with E-state index in [9.17, 15) is 4.79 Å². The van der Waals surface area contributed by atoms with Crippen LogP contribution in [0.1, 0.15) is 39.2 Å². The van der Waals surface area contributed by atoms with Crippen molar-refractivity contribution in [2.45, 2.75) is 39.0 Å². The maximum Gasteiger partial charge on any atom is 0.142 e. The number of carbonyl (C=O) groups is 1.